The largest absolute Gasteiger partial charge is 0.371 e. The molecule has 8 heteroatoms. The Balaban J connectivity index is 1.53. The molecule has 166 valence electrons. The van der Waals surface area contributed by atoms with Gasteiger partial charge in [-0.15, -0.1) is 0 Å². The van der Waals surface area contributed by atoms with Crippen LogP contribution in [0.25, 0.3) is 0 Å². The molecule has 0 bridgehead atoms. The van der Waals surface area contributed by atoms with Gasteiger partial charge in [-0.05, 0) is 54.7 Å². The standard InChI is InChI=1S/C23H26ClF2N3O2/c1-14(2)21(28-22(30)16-3-5-17(24)6-4-16)23(31)27-12-15-9-10-29(13-15)18-7-8-19(25)20(26)11-18/h3-8,11,14-15,21H,9-10,12-13H2,1-2H3,(H,27,31)(H,28,30). The first-order chi connectivity index (χ1) is 14.7. The van der Waals surface area contributed by atoms with Crippen molar-refractivity contribution in [3.8, 4) is 0 Å². The highest BCUT2D eigenvalue weighted by molar-refractivity contribution is 6.30. The summed E-state index contributed by atoms with van der Waals surface area (Å²) in [6.07, 6.45) is 0.822. The minimum atomic E-state index is -0.870. The van der Waals surface area contributed by atoms with Crippen LogP contribution >= 0.6 is 11.6 Å². The van der Waals surface area contributed by atoms with Gasteiger partial charge < -0.3 is 15.5 Å². The average molecular weight is 450 g/mol. The van der Waals surface area contributed by atoms with E-state index in [1.54, 1.807) is 30.3 Å². The molecular formula is C23H26ClF2N3O2. The molecule has 2 aromatic rings. The number of amides is 2. The van der Waals surface area contributed by atoms with Crippen molar-refractivity contribution in [2.75, 3.05) is 24.5 Å². The van der Waals surface area contributed by atoms with E-state index in [1.807, 2.05) is 18.7 Å². The molecule has 31 heavy (non-hydrogen) atoms. The lowest BCUT2D eigenvalue weighted by molar-refractivity contribution is -0.124. The molecule has 2 aromatic carbocycles. The lowest BCUT2D eigenvalue weighted by Crippen LogP contribution is -2.50. The number of nitrogens with one attached hydrogen (secondary N) is 2. The minimum absolute atomic E-state index is 0.0986. The Labute approximate surface area is 185 Å². The van der Waals surface area contributed by atoms with Crippen molar-refractivity contribution in [2.24, 2.45) is 11.8 Å². The zero-order valence-corrected chi connectivity index (χ0v) is 18.3. The maximum absolute atomic E-state index is 13.5. The maximum Gasteiger partial charge on any atom is 0.251 e. The average Bonchev–Trinajstić information content (AvgIpc) is 3.21. The summed E-state index contributed by atoms with van der Waals surface area (Å²) >= 11 is 5.86. The molecule has 1 aliphatic rings. The van der Waals surface area contributed by atoms with Crippen LogP contribution in [0.3, 0.4) is 0 Å². The summed E-state index contributed by atoms with van der Waals surface area (Å²) in [5.41, 5.74) is 1.06. The molecule has 0 saturated carbocycles. The van der Waals surface area contributed by atoms with Gasteiger partial charge in [-0.25, -0.2) is 8.78 Å². The van der Waals surface area contributed by atoms with Crippen LogP contribution in [0.1, 0.15) is 30.6 Å². The molecular weight excluding hydrogens is 424 g/mol. The van der Waals surface area contributed by atoms with E-state index < -0.39 is 17.7 Å². The first-order valence-corrected chi connectivity index (χ1v) is 10.7. The van der Waals surface area contributed by atoms with E-state index in [2.05, 4.69) is 10.6 Å². The van der Waals surface area contributed by atoms with Crippen molar-refractivity contribution in [2.45, 2.75) is 26.3 Å². The van der Waals surface area contributed by atoms with Gasteiger partial charge in [0.2, 0.25) is 5.91 Å². The van der Waals surface area contributed by atoms with Crippen molar-refractivity contribution >= 4 is 29.1 Å². The third-order valence-electron chi connectivity index (χ3n) is 5.46. The quantitative estimate of drug-likeness (QED) is 0.671. The number of anilines is 1. The fourth-order valence-corrected chi connectivity index (χ4v) is 3.76. The van der Waals surface area contributed by atoms with Gasteiger partial charge in [-0.2, -0.15) is 0 Å². The number of halogens is 3. The Bertz CT molecular complexity index is 937. The van der Waals surface area contributed by atoms with E-state index in [-0.39, 0.29) is 23.7 Å². The molecule has 1 fully saturated rings. The molecule has 0 radical (unpaired) electrons. The monoisotopic (exact) mass is 449 g/mol. The van der Waals surface area contributed by atoms with Crippen LogP contribution in [0.4, 0.5) is 14.5 Å². The summed E-state index contributed by atoms with van der Waals surface area (Å²) in [4.78, 5) is 27.2. The van der Waals surface area contributed by atoms with Gasteiger partial charge in [-0.3, -0.25) is 9.59 Å². The van der Waals surface area contributed by atoms with Crippen molar-refractivity contribution in [1.82, 2.24) is 10.6 Å². The SMILES string of the molecule is CC(C)C(NC(=O)c1ccc(Cl)cc1)C(=O)NCC1CCN(c2ccc(F)c(F)c2)C1. The number of rotatable bonds is 7. The van der Waals surface area contributed by atoms with Crippen molar-refractivity contribution in [1.29, 1.82) is 0 Å². The summed E-state index contributed by atoms with van der Waals surface area (Å²) in [5.74, 6) is -2.24. The molecule has 5 nitrogen and oxygen atoms in total. The van der Waals surface area contributed by atoms with E-state index >= 15 is 0 Å². The number of hydrogen-bond acceptors (Lipinski definition) is 3. The number of benzene rings is 2. The van der Waals surface area contributed by atoms with Gasteiger partial charge in [0.05, 0.1) is 0 Å². The highest BCUT2D eigenvalue weighted by Crippen LogP contribution is 2.25. The third kappa shape index (κ3) is 5.94. The maximum atomic E-state index is 13.5. The molecule has 0 aliphatic carbocycles. The molecule has 0 spiro atoms. The zero-order valence-electron chi connectivity index (χ0n) is 17.5. The Kier molecular flexibility index (Phi) is 7.49. The molecule has 1 saturated heterocycles. The summed E-state index contributed by atoms with van der Waals surface area (Å²) in [7, 11) is 0. The van der Waals surface area contributed by atoms with Crippen molar-refractivity contribution < 1.29 is 18.4 Å². The second-order valence-corrected chi connectivity index (χ2v) is 8.58. The molecule has 1 aliphatic heterocycles. The summed E-state index contributed by atoms with van der Waals surface area (Å²) in [6, 6.07) is 9.66. The van der Waals surface area contributed by atoms with E-state index in [0.29, 0.717) is 35.9 Å². The van der Waals surface area contributed by atoms with E-state index in [1.165, 1.54) is 6.07 Å². The summed E-state index contributed by atoms with van der Waals surface area (Å²) in [6.45, 7) is 5.51. The lowest BCUT2D eigenvalue weighted by atomic mass is 10.0. The minimum Gasteiger partial charge on any atom is -0.371 e. The Morgan fingerprint density at radius 1 is 1.13 bits per heavy atom. The van der Waals surface area contributed by atoms with Crippen LogP contribution in [-0.4, -0.2) is 37.5 Å². The third-order valence-corrected chi connectivity index (χ3v) is 5.71. The molecule has 0 aromatic heterocycles. The number of nitrogens with zero attached hydrogens (tertiary/aromatic N) is 1. The van der Waals surface area contributed by atoms with Crippen LogP contribution < -0.4 is 15.5 Å². The highest BCUT2D eigenvalue weighted by Gasteiger charge is 2.28. The summed E-state index contributed by atoms with van der Waals surface area (Å²) < 4.78 is 26.6. The topological polar surface area (TPSA) is 61.4 Å². The van der Waals surface area contributed by atoms with Gasteiger partial charge >= 0.3 is 0 Å². The number of hydrogen-bond donors (Lipinski definition) is 2. The summed E-state index contributed by atoms with van der Waals surface area (Å²) in [5, 5.41) is 6.25. The first-order valence-electron chi connectivity index (χ1n) is 10.3. The molecule has 3 rings (SSSR count). The van der Waals surface area contributed by atoms with Gasteiger partial charge in [0.15, 0.2) is 11.6 Å². The van der Waals surface area contributed by atoms with Crippen LogP contribution in [0.15, 0.2) is 42.5 Å². The molecule has 2 unspecified atom stereocenters. The molecule has 2 amide bonds. The van der Waals surface area contributed by atoms with E-state index in [9.17, 15) is 18.4 Å². The van der Waals surface area contributed by atoms with Crippen molar-refractivity contribution in [3.63, 3.8) is 0 Å². The van der Waals surface area contributed by atoms with Crippen LogP contribution in [-0.2, 0) is 4.79 Å². The second kappa shape index (κ2) is 10.1. The first kappa shape index (κ1) is 23.0. The van der Waals surface area contributed by atoms with Crippen LogP contribution in [0.5, 0.6) is 0 Å². The Morgan fingerprint density at radius 2 is 1.84 bits per heavy atom. The van der Waals surface area contributed by atoms with Gasteiger partial charge in [0, 0.05) is 42.0 Å². The Hall–Kier alpha value is -2.67. The van der Waals surface area contributed by atoms with Gasteiger partial charge in [-0.1, -0.05) is 25.4 Å². The van der Waals surface area contributed by atoms with Crippen LogP contribution in [0, 0.1) is 23.5 Å². The van der Waals surface area contributed by atoms with Gasteiger partial charge in [0.25, 0.3) is 5.91 Å². The zero-order chi connectivity index (χ0) is 22.5. The normalized spacial score (nSPS) is 17.0. The predicted molar refractivity (Wildman–Crippen MR) is 117 cm³/mol. The molecule has 1 heterocycles. The lowest BCUT2D eigenvalue weighted by Gasteiger charge is -2.23. The fourth-order valence-electron chi connectivity index (χ4n) is 3.63. The van der Waals surface area contributed by atoms with E-state index in [0.717, 1.165) is 12.5 Å². The van der Waals surface area contributed by atoms with E-state index in [4.69, 9.17) is 11.6 Å². The highest BCUT2D eigenvalue weighted by atomic mass is 35.5. The van der Waals surface area contributed by atoms with Gasteiger partial charge in [0.1, 0.15) is 6.04 Å². The fraction of sp³-hybridized carbons (Fsp3) is 0.391. The smallest absolute Gasteiger partial charge is 0.251 e. The number of carbonyl (C=O) groups excluding carboxylic acids is 2. The second-order valence-electron chi connectivity index (χ2n) is 8.15. The predicted octanol–water partition coefficient (Wildman–Crippen LogP) is 4.02. The Morgan fingerprint density at radius 3 is 2.48 bits per heavy atom. The number of carbonyl (C=O) groups is 2. The van der Waals surface area contributed by atoms with Crippen LogP contribution in [0.2, 0.25) is 5.02 Å². The molecule has 2 atom stereocenters. The van der Waals surface area contributed by atoms with Crippen molar-refractivity contribution in [3.05, 3.63) is 64.7 Å². The molecule has 2 N–H and O–H groups in total.